The van der Waals surface area contributed by atoms with Crippen LogP contribution < -0.4 is 0 Å². The van der Waals surface area contributed by atoms with E-state index in [-0.39, 0.29) is 16.7 Å². The molecule has 0 aliphatic carbocycles. The number of esters is 2. The summed E-state index contributed by atoms with van der Waals surface area (Å²) in [5.41, 5.74) is 0.0744. The summed E-state index contributed by atoms with van der Waals surface area (Å²) in [6.07, 6.45) is 2.64. The van der Waals surface area contributed by atoms with Crippen LogP contribution in [0.4, 0.5) is 0 Å². The highest BCUT2D eigenvalue weighted by Gasteiger charge is 2.30. The third-order valence-electron chi connectivity index (χ3n) is 2.39. The number of unbranched alkanes of at least 4 members (excludes halogenated alkanes) is 1. The molecule has 0 unspecified atom stereocenters. The molecular weight excluding hydrogens is 236 g/mol. The smallest absolute Gasteiger partial charge is 0.346 e. The van der Waals surface area contributed by atoms with Gasteiger partial charge in [0.15, 0.2) is 0 Å². The van der Waals surface area contributed by atoms with E-state index in [1.807, 2.05) is 0 Å². The zero-order chi connectivity index (χ0) is 13.7. The van der Waals surface area contributed by atoms with Crippen LogP contribution in [-0.4, -0.2) is 23.0 Å². The summed E-state index contributed by atoms with van der Waals surface area (Å²) in [6, 6.07) is 3.65. The van der Waals surface area contributed by atoms with Gasteiger partial charge in [-0.25, -0.2) is 14.4 Å². The van der Waals surface area contributed by atoms with Crippen molar-refractivity contribution in [2.45, 2.75) is 26.7 Å². The van der Waals surface area contributed by atoms with Crippen LogP contribution in [0.1, 0.15) is 57.8 Å². The van der Waals surface area contributed by atoms with E-state index in [1.165, 1.54) is 25.0 Å². The Kier molecular flexibility index (Phi) is 4.59. The summed E-state index contributed by atoms with van der Waals surface area (Å²) in [7, 11) is 0. The molecule has 96 valence electrons. The number of fused-ring (bicyclic) bond motifs is 1. The van der Waals surface area contributed by atoms with Gasteiger partial charge in [-0.3, -0.25) is 0 Å². The first-order chi connectivity index (χ1) is 8.51. The molecule has 1 aliphatic rings. The lowest BCUT2D eigenvalue weighted by atomic mass is 10.1. The fourth-order valence-corrected chi connectivity index (χ4v) is 1.22. The lowest BCUT2D eigenvalue weighted by Gasteiger charge is -1.94. The lowest BCUT2D eigenvalue weighted by molar-refractivity contribution is 0.0443. The van der Waals surface area contributed by atoms with Gasteiger partial charge in [0, 0.05) is 0 Å². The van der Waals surface area contributed by atoms with E-state index in [2.05, 4.69) is 18.6 Å². The average Bonchev–Trinajstić information content (AvgIpc) is 2.65. The highest BCUT2D eigenvalue weighted by Crippen LogP contribution is 2.20. The van der Waals surface area contributed by atoms with E-state index in [4.69, 9.17) is 5.11 Å². The van der Waals surface area contributed by atoms with Gasteiger partial charge in [0.2, 0.25) is 0 Å². The van der Waals surface area contributed by atoms with Crippen molar-refractivity contribution in [2.75, 3.05) is 0 Å². The van der Waals surface area contributed by atoms with Gasteiger partial charge in [0.1, 0.15) is 0 Å². The van der Waals surface area contributed by atoms with Crippen molar-refractivity contribution < 1.29 is 24.2 Å². The number of cyclic esters (lactones) is 2. The summed E-state index contributed by atoms with van der Waals surface area (Å²) >= 11 is 0. The molecule has 1 aliphatic heterocycles. The number of ether oxygens (including phenoxy) is 1. The predicted molar refractivity (Wildman–Crippen MR) is 63.7 cm³/mol. The van der Waals surface area contributed by atoms with Crippen molar-refractivity contribution in [2.24, 2.45) is 0 Å². The molecule has 0 fully saturated rings. The van der Waals surface area contributed by atoms with Crippen LogP contribution in [0.15, 0.2) is 18.2 Å². The van der Waals surface area contributed by atoms with Crippen molar-refractivity contribution in [1.29, 1.82) is 0 Å². The highest BCUT2D eigenvalue weighted by molar-refractivity contribution is 6.15. The zero-order valence-electron chi connectivity index (χ0n) is 10.2. The van der Waals surface area contributed by atoms with E-state index in [0.717, 1.165) is 6.07 Å². The van der Waals surface area contributed by atoms with E-state index in [9.17, 15) is 14.4 Å². The van der Waals surface area contributed by atoms with Gasteiger partial charge >= 0.3 is 17.9 Å². The Morgan fingerprint density at radius 3 is 2.17 bits per heavy atom. The number of hydrogen-bond acceptors (Lipinski definition) is 4. The van der Waals surface area contributed by atoms with Crippen molar-refractivity contribution in [3.8, 4) is 0 Å². The molecule has 0 bridgehead atoms. The number of carboxylic acid groups (broad SMARTS) is 1. The van der Waals surface area contributed by atoms with Crippen LogP contribution in [0.3, 0.4) is 0 Å². The molecular formula is C13H14O5. The maximum atomic E-state index is 11.0. The number of carboxylic acids is 1. The molecule has 2 rings (SSSR count). The molecule has 5 heteroatoms. The first-order valence-corrected chi connectivity index (χ1v) is 5.65. The van der Waals surface area contributed by atoms with Crippen LogP contribution in [0, 0.1) is 0 Å². The Bertz CT molecular complexity index is 488. The van der Waals surface area contributed by atoms with E-state index >= 15 is 0 Å². The molecule has 1 N–H and O–H groups in total. The summed E-state index contributed by atoms with van der Waals surface area (Å²) in [5, 5.41) is 8.63. The van der Waals surface area contributed by atoms with Gasteiger partial charge in [0.25, 0.3) is 0 Å². The fourth-order valence-electron chi connectivity index (χ4n) is 1.22. The number of hydrogen-bond donors (Lipinski definition) is 1. The van der Waals surface area contributed by atoms with Crippen LogP contribution in [0.25, 0.3) is 0 Å². The number of carbonyl (C=O) groups is 3. The molecule has 0 amide bonds. The maximum Gasteiger partial charge on any atom is 0.346 e. The van der Waals surface area contributed by atoms with Crippen LogP contribution in [0.5, 0.6) is 0 Å². The lowest BCUT2D eigenvalue weighted by Crippen LogP contribution is -2.00. The average molecular weight is 250 g/mol. The van der Waals surface area contributed by atoms with Crippen molar-refractivity contribution >= 4 is 17.9 Å². The second-order valence-electron chi connectivity index (χ2n) is 3.74. The number of rotatable bonds is 2. The Morgan fingerprint density at radius 2 is 1.67 bits per heavy atom. The van der Waals surface area contributed by atoms with Gasteiger partial charge in [-0.2, -0.15) is 0 Å². The Hall–Kier alpha value is -2.17. The topological polar surface area (TPSA) is 80.7 Å². The zero-order valence-corrected chi connectivity index (χ0v) is 10.2. The van der Waals surface area contributed by atoms with Gasteiger partial charge < -0.3 is 9.84 Å². The van der Waals surface area contributed by atoms with Gasteiger partial charge in [-0.1, -0.05) is 26.7 Å². The van der Waals surface area contributed by atoms with E-state index < -0.39 is 17.9 Å². The molecule has 0 saturated carbocycles. The second kappa shape index (κ2) is 5.95. The molecule has 0 aromatic heterocycles. The maximum absolute atomic E-state index is 11.0. The van der Waals surface area contributed by atoms with Gasteiger partial charge in [-0.05, 0) is 18.2 Å². The normalized spacial score (nSPS) is 12.3. The summed E-state index contributed by atoms with van der Waals surface area (Å²) < 4.78 is 4.30. The minimum absolute atomic E-state index is 0.00917. The molecule has 0 atom stereocenters. The van der Waals surface area contributed by atoms with E-state index in [0.29, 0.717) is 0 Å². The molecule has 0 saturated heterocycles. The SMILES string of the molecule is CCCC.O=C(O)c1ccc2c(c1)C(=O)OC2=O. The monoisotopic (exact) mass is 250 g/mol. The van der Waals surface area contributed by atoms with Crippen molar-refractivity contribution in [3.63, 3.8) is 0 Å². The molecule has 1 aromatic rings. The number of carbonyl (C=O) groups excluding carboxylic acids is 2. The predicted octanol–water partition coefficient (Wildman–Crippen LogP) is 2.50. The van der Waals surface area contributed by atoms with Crippen molar-refractivity contribution in [3.05, 3.63) is 34.9 Å². The fraction of sp³-hybridized carbons (Fsp3) is 0.308. The van der Waals surface area contributed by atoms with Crippen LogP contribution in [-0.2, 0) is 4.74 Å². The molecule has 5 nitrogen and oxygen atoms in total. The minimum Gasteiger partial charge on any atom is -0.478 e. The molecule has 0 radical (unpaired) electrons. The summed E-state index contributed by atoms with van der Waals surface area (Å²) in [5.74, 6) is -2.69. The standard InChI is InChI=1S/C9H4O5.C4H10/c10-7(11)4-1-2-5-6(3-4)9(13)14-8(5)12;1-3-4-2/h1-3H,(H,10,11);3-4H2,1-2H3. The highest BCUT2D eigenvalue weighted by atomic mass is 16.6. The van der Waals surface area contributed by atoms with Crippen LogP contribution >= 0.6 is 0 Å². The third-order valence-corrected chi connectivity index (χ3v) is 2.39. The Morgan fingerprint density at radius 1 is 1.11 bits per heavy atom. The molecule has 1 aromatic carbocycles. The number of benzene rings is 1. The first-order valence-electron chi connectivity index (χ1n) is 5.65. The third kappa shape index (κ3) is 2.94. The number of aromatic carboxylic acids is 1. The Labute approximate surface area is 104 Å². The van der Waals surface area contributed by atoms with Gasteiger partial charge in [-0.15, -0.1) is 0 Å². The van der Waals surface area contributed by atoms with E-state index in [1.54, 1.807) is 0 Å². The second-order valence-corrected chi connectivity index (χ2v) is 3.74. The largest absolute Gasteiger partial charge is 0.478 e. The summed E-state index contributed by atoms with van der Waals surface area (Å²) in [4.78, 5) is 32.5. The Balaban J connectivity index is 0.000000357. The quantitative estimate of drug-likeness (QED) is 0.644. The van der Waals surface area contributed by atoms with Gasteiger partial charge in [0.05, 0.1) is 16.7 Å². The molecule has 0 spiro atoms. The minimum atomic E-state index is -1.15. The van der Waals surface area contributed by atoms with Crippen LogP contribution in [0.2, 0.25) is 0 Å². The first kappa shape index (κ1) is 13.9. The van der Waals surface area contributed by atoms with Crippen molar-refractivity contribution in [1.82, 2.24) is 0 Å². The molecule has 1 heterocycles. The summed E-state index contributed by atoms with van der Waals surface area (Å²) in [6.45, 7) is 4.36. The molecule has 18 heavy (non-hydrogen) atoms.